The Morgan fingerprint density at radius 3 is 2.26 bits per heavy atom. The molecule has 11 heteroatoms. The van der Waals surface area contributed by atoms with E-state index in [-0.39, 0.29) is 53.8 Å². The standard InChI is InChI=1S/C36H30ClNO9/c1-21(39)27-14-13-26(37)17-28(27)29-18-34(41)38(19-32(29)44-3)30(15-23-7-5-4-6-8-23)31(40)16-24-9-11-25(12-10-24)35(42)45-20-33-22(2)46-36(43)47-33/h4-14,17-19,30H,15-16,20H2,1-3H3/t30-/m1/s1. The van der Waals surface area contributed by atoms with E-state index in [1.54, 1.807) is 30.3 Å². The first-order chi connectivity index (χ1) is 22.5. The van der Waals surface area contributed by atoms with Crippen LogP contribution in [0.15, 0.2) is 103 Å². The molecular weight excluding hydrogens is 626 g/mol. The Hall–Kier alpha value is -5.48. The SMILES string of the molecule is COc1cn([C@H](Cc2ccccc2)C(=O)Cc2ccc(C(=O)OCc3oc(=O)oc3C)cc2)c(=O)cc1-c1cc(Cl)ccc1C(C)=O. The number of nitrogens with zero attached hydrogens (tertiary/aromatic N) is 1. The molecule has 0 amide bonds. The summed E-state index contributed by atoms with van der Waals surface area (Å²) in [6.07, 6.45) is 1.67. The van der Waals surface area contributed by atoms with E-state index in [1.807, 2.05) is 30.3 Å². The van der Waals surface area contributed by atoms with Crippen LogP contribution in [0.3, 0.4) is 0 Å². The van der Waals surface area contributed by atoms with Crippen LogP contribution in [0.5, 0.6) is 5.75 Å². The van der Waals surface area contributed by atoms with Gasteiger partial charge in [0.05, 0.1) is 24.9 Å². The Balaban J connectivity index is 1.42. The topological polar surface area (TPSA) is 135 Å². The number of carbonyl (C=O) groups is 3. The van der Waals surface area contributed by atoms with Crippen LogP contribution in [-0.4, -0.2) is 29.2 Å². The van der Waals surface area contributed by atoms with Crippen molar-refractivity contribution in [2.45, 2.75) is 39.3 Å². The first-order valence-electron chi connectivity index (χ1n) is 14.6. The van der Waals surface area contributed by atoms with Gasteiger partial charge in [0.15, 0.2) is 29.7 Å². The third kappa shape index (κ3) is 7.67. The Morgan fingerprint density at radius 2 is 1.62 bits per heavy atom. The highest BCUT2D eigenvalue weighted by Gasteiger charge is 2.25. The van der Waals surface area contributed by atoms with Gasteiger partial charge in [0, 0.05) is 35.1 Å². The van der Waals surface area contributed by atoms with Gasteiger partial charge in [-0.15, -0.1) is 0 Å². The van der Waals surface area contributed by atoms with Gasteiger partial charge in [-0.05, 0) is 60.9 Å². The van der Waals surface area contributed by atoms with Gasteiger partial charge >= 0.3 is 11.8 Å². The van der Waals surface area contributed by atoms with E-state index in [0.717, 1.165) is 5.56 Å². The smallest absolute Gasteiger partial charge is 0.495 e. The second kappa shape index (κ2) is 14.3. The number of ether oxygens (including phenoxy) is 2. The molecule has 3 aromatic carbocycles. The molecular formula is C36H30ClNO9. The normalized spacial score (nSPS) is 11.6. The number of halogens is 1. The van der Waals surface area contributed by atoms with Crippen molar-refractivity contribution in [2.24, 2.45) is 0 Å². The largest absolute Gasteiger partial charge is 0.519 e. The minimum Gasteiger partial charge on any atom is -0.495 e. The maximum atomic E-state index is 13.9. The third-order valence-electron chi connectivity index (χ3n) is 7.63. The fourth-order valence-electron chi connectivity index (χ4n) is 5.19. The summed E-state index contributed by atoms with van der Waals surface area (Å²) in [5, 5.41) is 0.383. The van der Waals surface area contributed by atoms with Crippen LogP contribution in [0.2, 0.25) is 5.02 Å². The van der Waals surface area contributed by atoms with Crippen LogP contribution in [0.25, 0.3) is 11.1 Å². The van der Waals surface area contributed by atoms with E-state index in [9.17, 15) is 24.0 Å². The zero-order valence-electron chi connectivity index (χ0n) is 25.8. The summed E-state index contributed by atoms with van der Waals surface area (Å²) < 4.78 is 21.8. The monoisotopic (exact) mass is 655 g/mol. The second-order valence-electron chi connectivity index (χ2n) is 10.8. The average molecular weight is 656 g/mol. The van der Waals surface area contributed by atoms with Crippen molar-refractivity contribution in [3.8, 4) is 16.9 Å². The Morgan fingerprint density at radius 1 is 0.894 bits per heavy atom. The number of aromatic nitrogens is 1. The summed E-state index contributed by atoms with van der Waals surface area (Å²) in [5.41, 5.74) is 2.41. The minimum atomic E-state index is -0.906. The van der Waals surface area contributed by atoms with Gasteiger partial charge in [-0.25, -0.2) is 9.59 Å². The van der Waals surface area contributed by atoms with Gasteiger partial charge in [0.2, 0.25) is 0 Å². The number of ketones is 2. The summed E-state index contributed by atoms with van der Waals surface area (Å²) in [6.45, 7) is 2.67. The highest BCUT2D eigenvalue weighted by atomic mass is 35.5. The molecule has 0 aliphatic rings. The second-order valence-corrected chi connectivity index (χ2v) is 11.2. The molecule has 0 aliphatic heterocycles. The molecule has 240 valence electrons. The number of esters is 1. The fourth-order valence-corrected chi connectivity index (χ4v) is 5.37. The summed E-state index contributed by atoms with van der Waals surface area (Å²) in [4.78, 5) is 63.8. The van der Waals surface area contributed by atoms with Crippen LogP contribution in [0.4, 0.5) is 0 Å². The van der Waals surface area contributed by atoms with Crippen LogP contribution >= 0.6 is 11.6 Å². The third-order valence-corrected chi connectivity index (χ3v) is 7.87. The maximum absolute atomic E-state index is 13.9. The molecule has 2 heterocycles. The number of pyridine rings is 1. The number of hydrogen-bond donors (Lipinski definition) is 0. The van der Waals surface area contributed by atoms with E-state index in [2.05, 4.69) is 0 Å². The minimum absolute atomic E-state index is 0.0362. The first kappa shape index (κ1) is 32.9. The van der Waals surface area contributed by atoms with E-state index >= 15 is 0 Å². The average Bonchev–Trinajstić information content (AvgIpc) is 3.39. The van der Waals surface area contributed by atoms with Gasteiger partial charge in [0.1, 0.15) is 5.75 Å². The Labute approximate surface area is 274 Å². The molecule has 47 heavy (non-hydrogen) atoms. The van der Waals surface area contributed by atoms with Crippen molar-refractivity contribution < 1.29 is 32.7 Å². The summed E-state index contributed by atoms with van der Waals surface area (Å²) in [6, 6.07) is 20.9. The molecule has 5 aromatic rings. The number of benzene rings is 3. The van der Waals surface area contributed by atoms with E-state index in [0.29, 0.717) is 27.3 Å². The number of methoxy groups -OCH3 is 1. The van der Waals surface area contributed by atoms with Gasteiger partial charge in [-0.1, -0.05) is 54.1 Å². The molecule has 0 unspecified atom stereocenters. The van der Waals surface area contributed by atoms with Gasteiger partial charge in [-0.3, -0.25) is 14.4 Å². The number of aryl methyl sites for hydroxylation is 1. The van der Waals surface area contributed by atoms with E-state index in [4.69, 9.17) is 29.9 Å². The lowest BCUT2D eigenvalue weighted by atomic mass is 9.95. The first-order valence-corrected chi connectivity index (χ1v) is 14.9. The maximum Gasteiger partial charge on any atom is 0.519 e. The number of rotatable bonds is 12. The Bertz CT molecular complexity index is 2060. The van der Waals surface area contributed by atoms with Crippen molar-refractivity contribution in [2.75, 3.05) is 7.11 Å². The van der Waals surface area contributed by atoms with Gasteiger partial charge in [0.25, 0.3) is 5.56 Å². The molecule has 1 atom stereocenters. The van der Waals surface area contributed by atoms with Crippen LogP contribution in [0.1, 0.15) is 56.3 Å². The number of Topliss-reactive ketones (excluding diaryl/α,β-unsaturated/α-hetero) is 2. The van der Waals surface area contributed by atoms with Crippen LogP contribution < -0.4 is 16.1 Å². The fraction of sp³-hybridized carbons (Fsp3) is 0.194. The molecule has 0 saturated heterocycles. The molecule has 0 spiro atoms. The zero-order chi connectivity index (χ0) is 33.7. The lowest BCUT2D eigenvalue weighted by molar-refractivity contribution is -0.121. The molecule has 0 aliphatic carbocycles. The van der Waals surface area contributed by atoms with Crippen molar-refractivity contribution in [1.82, 2.24) is 4.57 Å². The molecule has 10 nitrogen and oxygen atoms in total. The number of hydrogen-bond acceptors (Lipinski definition) is 9. The number of carbonyl (C=O) groups excluding carboxylic acids is 3. The lowest BCUT2D eigenvalue weighted by Crippen LogP contribution is -2.32. The van der Waals surface area contributed by atoms with Crippen LogP contribution in [0, 0.1) is 6.92 Å². The predicted molar refractivity (Wildman–Crippen MR) is 173 cm³/mol. The molecule has 0 N–H and O–H groups in total. The predicted octanol–water partition coefficient (Wildman–Crippen LogP) is 6.19. The van der Waals surface area contributed by atoms with E-state index < -0.39 is 23.4 Å². The van der Waals surface area contributed by atoms with Crippen molar-refractivity contribution >= 4 is 29.1 Å². The summed E-state index contributed by atoms with van der Waals surface area (Å²) in [7, 11) is 1.44. The van der Waals surface area contributed by atoms with Crippen molar-refractivity contribution in [3.05, 3.63) is 145 Å². The molecule has 2 aromatic heterocycles. The Kier molecular flexibility index (Phi) is 10.0. The molecule has 0 radical (unpaired) electrons. The summed E-state index contributed by atoms with van der Waals surface area (Å²) >= 11 is 6.25. The summed E-state index contributed by atoms with van der Waals surface area (Å²) in [5.74, 6) is -1.37. The molecule has 0 fully saturated rings. The molecule has 0 bridgehead atoms. The molecule has 5 rings (SSSR count). The highest BCUT2D eigenvalue weighted by molar-refractivity contribution is 6.31. The van der Waals surface area contributed by atoms with Gasteiger partial charge < -0.3 is 22.9 Å². The highest BCUT2D eigenvalue weighted by Crippen LogP contribution is 2.34. The zero-order valence-corrected chi connectivity index (χ0v) is 26.5. The van der Waals surface area contributed by atoms with Gasteiger partial charge in [-0.2, -0.15) is 0 Å². The van der Waals surface area contributed by atoms with Crippen molar-refractivity contribution in [3.63, 3.8) is 0 Å². The van der Waals surface area contributed by atoms with Crippen molar-refractivity contribution in [1.29, 1.82) is 0 Å². The lowest BCUT2D eigenvalue weighted by Gasteiger charge is -2.22. The molecule has 0 saturated carbocycles. The quantitative estimate of drug-likeness (QED) is 0.114. The van der Waals surface area contributed by atoms with E-state index in [1.165, 1.54) is 49.9 Å². The van der Waals surface area contributed by atoms with Crippen LogP contribution in [-0.2, 0) is 29.0 Å².